The Morgan fingerprint density at radius 2 is 1.65 bits per heavy atom. The first-order valence-corrected chi connectivity index (χ1v) is 7.95. The molecule has 0 spiro atoms. The standard InChI is InChI=1S/C15H12BrFO2S/c1-10(15(18)11-2-6-13(17)7-3-11)20(19)14-8-4-12(16)5-9-14/h2-10H,1H3. The number of carbonyl (C=O) groups excluding carboxylic acids is 1. The fourth-order valence-electron chi connectivity index (χ4n) is 1.72. The molecule has 0 radical (unpaired) electrons. The van der Waals surface area contributed by atoms with E-state index in [0.29, 0.717) is 10.5 Å². The lowest BCUT2D eigenvalue weighted by atomic mass is 10.1. The van der Waals surface area contributed by atoms with Gasteiger partial charge >= 0.3 is 0 Å². The molecule has 2 aromatic rings. The number of halogens is 2. The van der Waals surface area contributed by atoms with Crippen molar-refractivity contribution >= 4 is 32.5 Å². The molecule has 0 saturated heterocycles. The van der Waals surface area contributed by atoms with Gasteiger partial charge in [-0.1, -0.05) is 15.9 Å². The fourth-order valence-corrected chi connectivity index (χ4v) is 3.13. The van der Waals surface area contributed by atoms with Crippen LogP contribution in [-0.2, 0) is 10.8 Å². The first-order valence-electron chi connectivity index (χ1n) is 5.95. The van der Waals surface area contributed by atoms with Crippen molar-refractivity contribution in [3.05, 3.63) is 64.4 Å². The predicted molar refractivity (Wildman–Crippen MR) is 80.7 cm³/mol. The molecule has 0 aliphatic carbocycles. The van der Waals surface area contributed by atoms with Gasteiger partial charge in [-0.2, -0.15) is 0 Å². The van der Waals surface area contributed by atoms with Crippen LogP contribution >= 0.6 is 15.9 Å². The van der Waals surface area contributed by atoms with Gasteiger partial charge in [0.05, 0.1) is 16.0 Å². The monoisotopic (exact) mass is 354 g/mol. The number of hydrogen-bond donors (Lipinski definition) is 0. The van der Waals surface area contributed by atoms with Gasteiger partial charge in [0.15, 0.2) is 5.78 Å². The maximum atomic E-state index is 12.8. The summed E-state index contributed by atoms with van der Waals surface area (Å²) in [4.78, 5) is 12.8. The molecule has 2 aromatic carbocycles. The zero-order valence-corrected chi connectivity index (χ0v) is 13.1. The van der Waals surface area contributed by atoms with Crippen molar-refractivity contribution in [1.29, 1.82) is 0 Å². The summed E-state index contributed by atoms with van der Waals surface area (Å²) in [7, 11) is -1.44. The number of Topliss-reactive ketones (excluding diaryl/α,β-unsaturated/α-hetero) is 1. The normalized spacial score (nSPS) is 13.8. The SMILES string of the molecule is CC(C(=O)c1ccc(F)cc1)S(=O)c1ccc(Br)cc1. The molecular formula is C15H12BrFO2S. The lowest BCUT2D eigenvalue weighted by Gasteiger charge is -2.10. The number of rotatable bonds is 4. The Kier molecular flexibility index (Phi) is 4.83. The second kappa shape index (κ2) is 6.41. The molecule has 0 aromatic heterocycles. The van der Waals surface area contributed by atoms with Crippen molar-refractivity contribution in [1.82, 2.24) is 0 Å². The minimum Gasteiger partial charge on any atom is -0.293 e. The van der Waals surface area contributed by atoms with Crippen molar-refractivity contribution in [3.63, 3.8) is 0 Å². The van der Waals surface area contributed by atoms with Gasteiger partial charge in [-0.3, -0.25) is 9.00 Å². The predicted octanol–water partition coefficient (Wildman–Crippen LogP) is 3.97. The van der Waals surface area contributed by atoms with Crippen molar-refractivity contribution in [2.24, 2.45) is 0 Å². The number of hydrogen-bond acceptors (Lipinski definition) is 2. The van der Waals surface area contributed by atoms with E-state index in [1.54, 1.807) is 31.2 Å². The average molecular weight is 355 g/mol. The van der Waals surface area contributed by atoms with Crippen molar-refractivity contribution in [2.75, 3.05) is 0 Å². The van der Waals surface area contributed by atoms with Crippen LogP contribution < -0.4 is 0 Å². The first-order chi connectivity index (χ1) is 9.49. The fraction of sp³-hybridized carbons (Fsp3) is 0.133. The van der Waals surface area contributed by atoms with Gasteiger partial charge in [0.25, 0.3) is 0 Å². The summed E-state index contributed by atoms with van der Waals surface area (Å²) < 4.78 is 26.1. The van der Waals surface area contributed by atoms with E-state index < -0.39 is 21.9 Å². The van der Waals surface area contributed by atoms with Gasteiger partial charge in [0.2, 0.25) is 0 Å². The molecular weight excluding hydrogens is 343 g/mol. The summed E-state index contributed by atoms with van der Waals surface area (Å²) in [6.45, 7) is 1.61. The maximum absolute atomic E-state index is 12.8. The zero-order valence-electron chi connectivity index (χ0n) is 10.7. The highest BCUT2D eigenvalue weighted by molar-refractivity contribution is 9.10. The van der Waals surface area contributed by atoms with Crippen LogP contribution in [0.1, 0.15) is 17.3 Å². The lowest BCUT2D eigenvalue weighted by Crippen LogP contribution is -2.22. The number of carbonyl (C=O) groups is 1. The van der Waals surface area contributed by atoms with Crippen molar-refractivity contribution < 1.29 is 13.4 Å². The van der Waals surface area contributed by atoms with Crippen LogP contribution in [0.25, 0.3) is 0 Å². The zero-order chi connectivity index (χ0) is 14.7. The maximum Gasteiger partial charge on any atom is 0.178 e. The summed E-state index contributed by atoms with van der Waals surface area (Å²) >= 11 is 3.30. The molecule has 2 nitrogen and oxygen atoms in total. The Morgan fingerprint density at radius 1 is 1.10 bits per heavy atom. The molecule has 0 N–H and O–H groups in total. The van der Waals surface area contributed by atoms with E-state index in [2.05, 4.69) is 15.9 Å². The highest BCUT2D eigenvalue weighted by Crippen LogP contribution is 2.18. The van der Waals surface area contributed by atoms with E-state index in [9.17, 15) is 13.4 Å². The Labute approximate surface area is 127 Å². The smallest absolute Gasteiger partial charge is 0.178 e. The third-order valence-corrected chi connectivity index (χ3v) is 4.99. The molecule has 0 fully saturated rings. The minimum absolute atomic E-state index is 0.258. The van der Waals surface area contributed by atoms with Gasteiger partial charge in [0, 0.05) is 14.9 Å². The van der Waals surface area contributed by atoms with Crippen LogP contribution in [0, 0.1) is 5.82 Å². The van der Waals surface area contributed by atoms with Crippen molar-refractivity contribution in [2.45, 2.75) is 17.1 Å². The summed E-state index contributed by atoms with van der Waals surface area (Å²) in [6.07, 6.45) is 0. The van der Waals surface area contributed by atoms with E-state index in [4.69, 9.17) is 0 Å². The molecule has 5 heteroatoms. The van der Waals surface area contributed by atoms with Crippen LogP contribution in [0.5, 0.6) is 0 Å². The molecule has 2 rings (SSSR count). The van der Waals surface area contributed by atoms with E-state index in [0.717, 1.165) is 4.47 Å². The van der Waals surface area contributed by atoms with Gasteiger partial charge in [-0.15, -0.1) is 0 Å². The average Bonchev–Trinajstić information content (AvgIpc) is 2.46. The quantitative estimate of drug-likeness (QED) is 0.778. The summed E-state index contributed by atoms with van der Waals surface area (Å²) in [5.74, 6) is -0.658. The van der Waals surface area contributed by atoms with Crippen LogP contribution in [0.4, 0.5) is 4.39 Å². The van der Waals surface area contributed by atoms with Crippen LogP contribution in [0.15, 0.2) is 57.9 Å². The van der Waals surface area contributed by atoms with Gasteiger partial charge in [-0.25, -0.2) is 4.39 Å². The molecule has 20 heavy (non-hydrogen) atoms. The van der Waals surface area contributed by atoms with E-state index >= 15 is 0 Å². The number of ketones is 1. The Balaban J connectivity index is 2.20. The van der Waals surface area contributed by atoms with E-state index in [-0.39, 0.29) is 5.78 Å². The Morgan fingerprint density at radius 3 is 2.20 bits per heavy atom. The largest absolute Gasteiger partial charge is 0.293 e. The summed E-state index contributed by atoms with van der Waals surface area (Å²) in [5.41, 5.74) is 0.365. The van der Waals surface area contributed by atoms with Gasteiger partial charge in [-0.05, 0) is 55.5 Å². The van der Waals surface area contributed by atoms with Crippen LogP contribution in [0.3, 0.4) is 0 Å². The highest BCUT2D eigenvalue weighted by Gasteiger charge is 2.22. The third kappa shape index (κ3) is 3.41. The summed E-state index contributed by atoms with van der Waals surface area (Å²) in [6, 6.07) is 12.3. The third-order valence-electron chi connectivity index (χ3n) is 2.87. The first kappa shape index (κ1) is 15.1. The highest BCUT2D eigenvalue weighted by atomic mass is 79.9. The molecule has 0 aliphatic heterocycles. The molecule has 104 valence electrons. The second-order valence-electron chi connectivity index (χ2n) is 4.26. The Hall–Kier alpha value is -1.33. The van der Waals surface area contributed by atoms with Crippen LogP contribution in [0.2, 0.25) is 0 Å². The molecule has 2 atom stereocenters. The molecule has 0 amide bonds. The van der Waals surface area contributed by atoms with E-state index in [1.165, 1.54) is 24.3 Å². The summed E-state index contributed by atoms with van der Waals surface area (Å²) in [5, 5.41) is -0.679. The molecule has 0 saturated carbocycles. The second-order valence-corrected chi connectivity index (χ2v) is 6.95. The van der Waals surface area contributed by atoms with Crippen LogP contribution in [-0.4, -0.2) is 15.2 Å². The molecule has 2 unspecified atom stereocenters. The van der Waals surface area contributed by atoms with Gasteiger partial charge in [0.1, 0.15) is 5.82 Å². The lowest BCUT2D eigenvalue weighted by molar-refractivity contribution is 0.0992. The molecule has 0 heterocycles. The number of benzene rings is 2. The topological polar surface area (TPSA) is 34.1 Å². The van der Waals surface area contributed by atoms with Gasteiger partial charge < -0.3 is 0 Å². The van der Waals surface area contributed by atoms with Crippen molar-refractivity contribution in [3.8, 4) is 0 Å². The molecule has 0 aliphatic rings. The molecule has 0 bridgehead atoms. The Bertz CT molecular complexity index is 580. The van der Waals surface area contributed by atoms with E-state index in [1.807, 2.05) is 0 Å². The minimum atomic E-state index is -1.44.